The third-order valence-electron chi connectivity index (χ3n) is 5.90. The highest BCUT2D eigenvalue weighted by atomic mass is 16.5. The zero-order chi connectivity index (χ0) is 22.8. The highest BCUT2D eigenvalue weighted by molar-refractivity contribution is 5.85. The first-order valence-electron chi connectivity index (χ1n) is 10.7. The Balaban J connectivity index is 1.68. The van der Waals surface area contributed by atoms with Crippen LogP contribution in [0.2, 0.25) is 0 Å². The maximum Gasteiger partial charge on any atom is 0.119 e. The summed E-state index contributed by atoms with van der Waals surface area (Å²) in [4.78, 5) is 0. The number of aromatic nitrogens is 1. The van der Waals surface area contributed by atoms with E-state index >= 15 is 0 Å². The zero-order valence-corrected chi connectivity index (χ0v) is 17.8. The minimum Gasteiger partial charge on any atom is -0.491 e. The summed E-state index contributed by atoms with van der Waals surface area (Å²) in [6.45, 7) is 2.25. The molecule has 172 valence electrons. The number of aliphatic hydroxyl groups excluding tert-OH is 5. The molecule has 4 rings (SSSR count). The first kappa shape index (κ1) is 22.7. The molecule has 8 nitrogen and oxygen atoms in total. The molecule has 1 aromatic heterocycles. The molecule has 0 radical (unpaired) electrons. The molecule has 1 aliphatic heterocycles. The van der Waals surface area contributed by atoms with Crippen LogP contribution in [0.5, 0.6) is 5.75 Å². The number of rotatable bonds is 7. The van der Waals surface area contributed by atoms with Crippen LogP contribution in [0.25, 0.3) is 10.9 Å². The lowest BCUT2D eigenvalue weighted by molar-refractivity contribution is -0.231. The van der Waals surface area contributed by atoms with E-state index in [2.05, 4.69) is 0 Å². The molecule has 5 atom stereocenters. The Hall–Kier alpha value is -2.46. The molecule has 1 aliphatic rings. The molecule has 32 heavy (non-hydrogen) atoms. The van der Waals surface area contributed by atoms with Gasteiger partial charge < -0.3 is 39.6 Å². The van der Waals surface area contributed by atoms with Crippen molar-refractivity contribution < 1.29 is 35.0 Å². The fourth-order valence-electron chi connectivity index (χ4n) is 4.21. The summed E-state index contributed by atoms with van der Waals surface area (Å²) in [6.07, 6.45) is -4.14. The molecule has 0 amide bonds. The van der Waals surface area contributed by atoms with Crippen LogP contribution in [-0.4, -0.2) is 74.3 Å². The van der Waals surface area contributed by atoms with E-state index in [0.717, 1.165) is 22.0 Å². The van der Waals surface area contributed by atoms with Crippen molar-refractivity contribution in [3.63, 3.8) is 0 Å². The van der Waals surface area contributed by atoms with Gasteiger partial charge in [-0.2, -0.15) is 0 Å². The van der Waals surface area contributed by atoms with Gasteiger partial charge in [0.25, 0.3) is 0 Å². The molecular weight excluding hydrogens is 414 g/mol. The van der Waals surface area contributed by atoms with Gasteiger partial charge in [0, 0.05) is 29.2 Å². The normalized spacial score (nSPS) is 25.9. The summed E-state index contributed by atoms with van der Waals surface area (Å²) in [7, 11) is 0. The Morgan fingerprint density at radius 1 is 0.969 bits per heavy atom. The molecule has 0 aliphatic carbocycles. The van der Waals surface area contributed by atoms with Gasteiger partial charge in [0.15, 0.2) is 0 Å². The van der Waals surface area contributed by atoms with Crippen LogP contribution >= 0.6 is 0 Å². The molecule has 1 saturated heterocycles. The van der Waals surface area contributed by atoms with Gasteiger partial charge in [0.05, 0.1) is 13.2 Å². The van der Waals surface area contributed by atoms with Gasteiger partial charge in [-0.25, -0.2) is 0 Å². The Labute approximate surface area is 185 Å². The predicted molar refractivity (Wildman–Crippen MR) is 118 cm³/mol. The number of nitrogens with zero attached hydrogens (tertiary/aromatic N) is 1. The van der Waals surface area contributed by atoms with E-state index in [-0.39, 0.29) is 13.2 Å². The van der Waals surface area contributed by atoms with Crippen molar-refractivity contribution in [3.05, 3.63) is 65.4 Å². The lowest BCUT2D eigenvalue weighted by Gasteiger charge is -2.40. The second kappa shape index (κ2) is 9.58. The van der Waals surface area contributed by atoms with Gasteiger partial charge in [-0.1, -0.05) is 23.8 Å². The molecular formula is C24H29NO7. The highest BCUT2D eigenvalue weighted by Gasteiger charge is 2.44. The first-order chi connectivity index (χ1) is 15.4. The van der Waals surface area contributed by atoms with Crippen molar-refractivity contribution in [3.8, 4) is 5.75 Å². The first-order valence-corrected chi connectivity index (χ1v) is 10.7. The van der Waals surface area contributed by atoms with Crippen LogP contribution in [0, 0.1) is 6.92 Å². The molecule has 2 heterocycles. The van der Waals surface area contributed by atoms with Gasteiger partial charge >= 0.3 is 0 Å². The van der Waals surface area contributed by atoms with Gasteiger partial charge in [-0.3, -0.25) is 0 Å². The van der Waals surface area contributed by atoms with Crippen LogP contribution in [-0.2, 0) is 11.3 Å². The number of aliphatic hydroxyl groups is 5. The van der Waals surface area contributed by atoms with Crippen LogP contribution in [0.15, 0.2) is 48.7 Å². The molecule has 2 aromatic carbocycles. The molecule has 0 bridgehead atoms. The van der Waals surface area contributed by atoms with Crippen molar-refractivity contribution in [2.45, 2.75) is 44.0 Å². The summed E-state index contributed by atoms with van der Waals surface area (Å²) in [5, 5.41) is 50.4. The van der Waals surface area contributed by atoms with Crippen LogP contribution in [0.3, 0.4) is 0 Å². The van der Waals surface area contributed by atoms with E-state index in [4.69, 9.17) is 14.6 Å². The number of fused-ring (bicyclic) bond motifs is 1. The lowest BCUT2D eigenvalue weighted by atomic mass is 9.91. The quantitative estimate of drug-likeness (QED) is 0.367. The minimum atomic E-state index is -1.43. The summed E-state index contributed by atoms with van der Waals surface area (Å²) in [5.41, 5.74) is 3.68. The Kier molecular flexibility index (Phi) is 6.80. The molecule has 1 fully saturated rings. The largest absolute Gasteiger partial charge is 0.491 e. The van der Waals surface area contributed by atoms with Gasteiger partial charge in [-0.15, -0.1) is 0 Å². The monoisotopic (exact) mass is 443 g/mol. The number of aryl methyl sites for hydroxylation is 1. The van der Waals surface area contributed by atoms with Crippen molar-refractivity contribution in [1.82, 2.24) is 4.57 Å². The molecule has 3 aromatic rings. The Bertz CT molecular complexity index is 1050. The molecule has 0 spiro atoms. The summed E-state index contributed by atoms with van der Waals surface area (Å²) < 4.78 is 13.3. The lowest BCUT2D eigenvalue weighted by Crippen LogP contribution is -2.55. The number of hydrogen-bond acceptors (Lipinski definition) is 7. The Morgan fingerprint density at radius 3 is 2.41 bits per heavy atom. The van der Waals surface area contributed by atoms with E-state index in [1.165, 1.54) is 0 Å². The molecule has 0 unspecified atom stereocenters. The molecule has 8 heteroatoms. The van der Waals surface area contributed by atoms with E-state index in [1.54, 1.807) is 0 Å². The smallest absolute Gasteiger partial charge is 0.119 e. The predicted octanol–water partition coefficient (Wildman–Crippen LogP) is 0.884. The van der Waals surface area contributed by atoms with E-state index in [1.807, 2.05) is 60.2 Å². The SMILES string of the molecule is Cc1ccc2c(c1)c([C@@H]1O[C@H](CO)[C@@H](O)[C@H](O)[C@H]1O)cn2Cc1ccc(OCCO)cc1. The maximum atomic E-state index is 10.6. The third-order valence-corrected chi connectivity index (χ3v) is 5.90. The second-order valence-corrected chi connectivity index (χ2v) is 8.20. The number of hydrogen-bond donors (Lipinski definition) is 5. The van der Waals surface area contributed by atoms with Crippen LogP contribution < -0.4 is 4.74 Å². The van der Waals surface area contributed by atoms with Gasteiger partial charge in [0.1, 0.15) is 42.9 Å². The highest BCUT2D eigenvalue weighted by Crippen LogP contribution is 2.37. The molecule has 5 N–H and O–H groups in total. The zero-order valence-electron chi connectivity index (χ0n) is 17.8. The Morgan fingerprint density at radius 2 is 1.72 bits per heavy atom. The average Bonchev–Trinajstić information content (AvgIpc) is 3.14. The fraction of sp³-hybridized carbons (Fsp3) is 0.417. The van der Waals surface area contributed by atoms with Crippen molar-refractivity contribution in [2.75, 3.05) is 19.8 Å². The van der Waals surface area contributed by atoms with Crippen LogP contribution in [0.4, 0.5) is 0 Å². The average molecular weight is 443 g/mol. The third kappa shape index (κ3) is 4.38. The summed E-state index contributed by atoms with van der Waals surface area (Å²) in [6, 6.07) is 13.6. The standard InChI is InChI=1S/C24H29NO7/c1-14-2-7-19-17(10-14)18(24-23(30)22(29)21(28)20(13-27)32-24)12-25(19)11-15-3-5-16(6-4-15)31-9-8-26/h2-7,10,12,20-24,26-30H,8-9,11,13H2,1H3/t20-,21-,22+,23-,24+/m1/s1. The number of benzene rings is 2. The van der Waals surface area contributed by atoms with Gasteiger partial charge in [0.2, 0.25) is 0 Å². The second-order valence-electron chi connectivity index (χ2n) is 8.20. The molecule has 0 saturated carbocycles. The minimum absolute atomic E-state index is 0.0444. The van der Waals surface area contributed by atoms with Gasteiger partial charge in [-0.05, 0) is 36.8 Å². The van der Waals surface area contributed by atoms with E-state index in [0.29, 0.717) is 17.9 Å². The topological polar surface area (TPSA) is 125 Å². The van der Waals surface area contributed by atoms with E-state index in [9.17, 15) is 20.4 Å². The van der Waals surface area contributed by atoms with Crippen molar-refractivity contribution >= 4 is 10.9 Å². The summed E-state index contributed by atoms with van der Waals surface area (Å²) in [5.74, 6) is 0.679. The van der Waals surface area contributed by atoms with Crippen molar-refractivity contribution in [2.24, 2.45) is 0 Å². The number of ether oxygens (including phenoxy) is 2. The van der Waals surface area contributed by atoms with Crippen molar-refractivity contribution in [1.29, 1.82) is 0 Å². The van der Waals surface area contributed by atoms with Crippen LogP contribution in [0.1, 0.15) is 22.8 Å². The summed E-state index contributed by atoms with van der Waals surface area (Å²) >= 11 is 0. The van der Waals surface area contributed by atoms with E-state index < -0.39 is 37.1 Å². The maximum absolute atomic E-state index is 10.6. The fourth-order valence-corrected chi connectivity index (χ4v) is 4.21.